The second-order valence-electron chi connectivity index (χ2n) is 6.15. The minimum absolute atomic E-state index is 0.127. The lowest BCUT2D eigenvalue weighted by molar-refractivity contribution is -0.131. The molecule has 0 bridgehead atoms. The van der Waals surface area contributed by atoms with Gasteiger partial charge in [0.15, 0.2) is 0 Å². The zero-order chi connectivity index (χ0) is 11.3. The van der Waals surface area contributed by atoms with Crippen molar-refractivity contribution in [3.8, 4) is 0 Å². The van der Waals surface area contributed by atoms with Gasteiger partial charge in [0, 0.05) is 6.54 Å². The van der Waals surface area contributed by atoms with Crippen LogP contribution in [0, 0.1) is 11.8 Å². The molecular weight excluding hydrogens is 200 g/mol. The van der Waals surface area contributed by atoms with E-state index < -0.39 is 0 Å². The summed E-state index contributed by atoms with van der Waals surface area (Å²) in [6, 6.07) is 0. The molecule has 3 fully saturated rings. The van der Waals surface area contributed by atoms with Crippen LogP contribution in [0.25, 0.3) is 0 Å². The van der Waals surface area contributed by atoms with Gasteiger partial charge < -0.3 is 4.90 Å². The van der Waals surface area contributed by atoms with Crippen molar-refractivity contribution in [2.75, 3.05) is 6.54 Å². The average molecular weight is 222 g/mol. The van der Waals surface area contributed by atoms with Crippen LogP contribution in [0.4, 0.5) is 0 Å². The van der Waals surface area contributed by atoms with Crippen LogP contribution in [-0.2, 0) is 4.79 Å². The van der Waals surface area contributed by atoms with E-state index in [4.69, 9.17) is 0 Å². The third-order valence-corrected chi connectivity index (χ3v) is 4.29. The maximum absolute atomic E-state index is 12.3. The Morgan fingerprint density at radius 2 is 2.12 bits per heavy atom. The fraction of sp³-hybridized carbons (Fsp3) is 0.923. The smallest absolute Gasteiger partial charge is 0.244 e. The summed E-state index contributed by atoms with van der Waals surface area (Å²) in [5.74, 6) is 1.81. The van der Waals surface area contributed by atoms with E-state index >= 15 is 0 Å². The molecule has 1 heterocycles. The van der Waals surface area contributed by atoms with Crippen LogP contribution >= 0.6 is 0 Å². The molecule has 0 radical (unpaired) electrons. The molecule has 16 heavy (non-hydrogen) atoms. The molecule has 1 spiro atoms. The molecule has 0 aromatic carbocycles. The van der Waals surface area contributed by atoms with Crippen molar-refractivity contribution in [3.05, 3.63) is 0 Å². The van der Waals surface area contributed by atoms with Gasteiger partial charge in [-0.1, -0.05) is 26.7 Å². The Morgan fingerprint density at radius 1 is 1.44 bits per heavy atom. The van der Waals surface area contributed by atoms with Crippen LogP contribution in [0.3, 0.4) is 0 Å². The molecule has 3 heteroatoms. The van der Waals surface area contributed by atoms with Crippen molar-refractivity contribution in [1.29, 1.82) is 0 Å². The second kappa shape index (κ2) is 3.46. The van der Waals surface area contributed by atoms with E-state index in [1.807, 2.05) is 0 Å². The molecule has 2 aliphatic carbocycles. The zero-order valence-electron chi connectivity index (χ0n) is 10.3. The van der Waals surface area contributed by atoms with Crippen molar-refractivity contribution < 1.29 is 4.79 Å². The van der Waals surface area contributed by atoms with Crippen LogP contribution in [0.2, 0.25) is 0 Å². The molecule has 1 amide bonds. The Kier molecular flexibility index (Phi) is 2.29. The summed E-state index contributed by atoms with van der Waals surface area (Å²) in [6.07, 6.45) is 6.37. The summed E-state index contributed by atoms with van der Waals surface area (Å²) < 4.78 is 0. The highest BCUT2D eigenvalue weighted by molar-refractivity contribution is 5.91. The van der Waals surface area contributed by atoms with Crippen molar-refractivity contribution in [1.82, 2.24) is 10.2 Å². The third-order valence-electron chi connectivity index (χ3n) is 4.29. The van der Waals surface area contributed by atoms with Gasteiger partial charge in [-0.2, -0.15) is 0 Å². The SMILES string of the molecule is CC(C)C1NC2(CC2)C(=O)N1CCC1CC1. The standard InChI is InChI=1S/C13H22N2O/c1-9(2)11-14-13(6-7-13)12(16)15(11)8-5-10-3-4-10/h9-11,14H,3-8H2,1-2H3. The summed E-state index contributed by atoms with van der Waals surface area (Å²) in [7, 11) is 0. The van der Waals surface area contributed by atoms with E-state index in [1.165, 1.54) is 19.3 Å². The molecular formula is C13H22N2O. The Morgan fingerprint density at radius 3 is 2.62 bits per heavy atom. The molecule has 90 valence electrons. The normalized spacial score (nSPS) is 31.8. The topological polar surface area (TPSA) is 32.3 Å². The molecule has 2 saturated carbocycles. The second-order valence-corrected chi connectivity index (χ2v) is 6.15. The molecule has 3 aliphatic rings. The molecule has 0 aromatic rings. The molecule has 3 nitrogen and oxygen atoms in total. The average Bonchev–Trinajstić information content (AvgIpc) is 3.10. The van der Waals surface area contributed by atoms with Gasteiger partial charge in [-0.3, -0.25) is 10.1 Å². The predicted octanol–water partition coefficient (Wildman–Crippen LogP) is 1.73. The van der Waals surface area contributed by atoms with Crippen molar-refractivity contribution >= 4 is 5.91 Å². The minimum atomic E-state index is -0.127. The van der Waals surface area contributed by atoms with Crippen molar-refractivity contribution in [2.45, 2.75) is 57.7 Å². The van der Waals surface area contributed by atoms with E-state index in [2.05, 4.69) is 24.1 Å². The van der Waals surface area contributed by atoms with E-state index in [-0.39, 0.29) is 11.7 Å². The van der Waals surface area contributed by atoms with Gasteiger partial charge >= 0.3 is 0 Å². The van der Waals surface area contributed by atoms with Gasteiger partial charge in [-0.25, -0.2) is 0 Å². The molecule has 1 N–H and O–H groups in total. The first kappa shape index (κ1) is 10.6. The van der Waals surface area contributed by atoms with E-state index in [9.17, 15) is 4.79 Å². The van der Waals surface area contributed by atoms with E-state index in [0.29, 0.717) is 11.8 Å². The molecule has 0 aromatic heterocycles. The minimum Gasteiger partial charge on any atom is -0.325 e. The van der Waals surface area contributed by atoms with E-state index in [1.54, 1.807) is 0 Å². The first-order valence-corrected chi connectivity index (χ1v) is 6.71. The number of nitrogens with one attached hydrogen (secondary N) is 1. The number of nitrogens with zero attached hydrogens (tertiary/aromatic N) is 1. The Balaban J connectivity index is 1.68. The summed E-state index contributed by atoms with van der Waals surface area (Å²) in [5.41, 5.74) is -0.127. The highest BCUT2D eigenvalue weighted by atomic mass is 16.2. The van der Waals surface area contributed by atoms with Gasteiger partial charge in [0.1, 0.15) is 0 Å². The summed E-state index contributed by atoms with van der Waals surface area (Å²) in [4.78, 5) is 14.4. The highest BCUT2D eigenvalue weighted by Crippen LogP contribution is 2.44. The number of hydrogen-bond acceptors (Lipinski definition) is 2. The monoisotopic (exact) mass is 222 g/mol. The van der Waals surface area contributed by atoms with Crippen LogP contribution in [0.1, 0.15) is 46.0 Å². The maximum Gasteiger partial charge on any atom is 0.244 e. The summed E-state index contributed by atoms with van der Waals surface area (Å²) in [6.45, 7) is 5.38. The zero-order valence-corrected chi connectivity index (χ0v) is 10.3. The summed E-state index contributed by atoms with van der Waals surface area (Å²) in [5, 5.41) is 3.56. The maximum atomic E-state index is 12.3. The lowest BCUT2D eigenvalue weighted by Gasteiger charge is -2.27. The first-order valence-electron chi connectivity index (χ1n) is 6.71. The Labute approximate surface area is 97.6 Å². The molecule has 3 rings (SSSR count). The predicted molar refractivity (Wildman–Crippen MR) is 62.8 cm³/mol. The van der Waals surface area contributed by atoms with Crippen LogP contribution in [0.15, 0.2) is 0 Å². The van der Waals surface area contributed by atoms with Crippen molar-refractivity contribution in [2.24, 2.45) is 11.8 Å². The lowest BCUT2D eigenvalue weighted by Crippen LogP contribution is -2.42. The number of carbonyl (C=O) groups excluding carboxylic acids is 1. The lowest BCUT2D eigenvalue weighted by atomic mass is 10.1. The molecule has 1 saturated heterocycles. The fourth-order valence-corrected chi connectivity index (χ4v) is 2.80. The third kappa shape index (κ3) is 1.65. The van der Waals surface area contributed by atoms with Crippen LogP contribution in [0.5, 0.6) is 0 Å². The quantitative estimate of drug-likeness (QED) is 0.785. The molecule has 1 aliphatic heterocycles. The first-order chi connectivity index (χ1) is 7.62. The number of hydrogen-bond donors (Lipinski definition) is 1. The van der Waals surface area contributed by atoms with Crippen molar-refractivity contribution in [3.63, 3.8) is 0 Å². The number of rotatable bonds is 4. The molecule has 1 unspecified atom stereocenters. The van der Waals surface area contributed by atoms with E-state index in [0.717, 1.165) is 25.3 Å². The largest absolute Gasteiger partial charge is 0.325 e. The summed E-state index contributed by atoms with van der Waals surface area (Å²) >= 11 is 0. The fourth-order valence-electron chi connectivity index (χ4n) is 2.80. The number of amides is 1. The van der Waals surface area contributed by atoms with Gasteiger partial charge in [0.25, 0.3) is 0 Å². The number of carbonyl (C=O) groups is 1. The van der Waals surface area contributed by atoms with Gasteiger partial charge in [-0.15, -0.1) is 0 Å². The Bertz CT molecular complexity index is 305. The highest BCUT2D eigenvalue weighted by Gasteiger charge is 2.59. The van der Waals surface area contributed by atoms with Crippen LogP contribution < -0.4 is 5.32 Å². The van der Waals surface area contributed by atoms with Gasteiger partial charge in [-0.05, 0) is 31.1 Å². The Hall–Kier alpha value is -0.570. The van der Waals surface area contributed by atoms with Gasteiger partial charge in [0.2, 0.25) is 5.91 Å². The molecule has 1 atom stereocenters. The van der Waals surface area contributed by atoms with Gasteiger partial charge in [0.05, 0.1) is 11.7 Å². The van der Waals surface area contributed by atoms with Crippen LogP contribution in [-0.4, -0.2) is 29.1 Å².